The first kappa shape index (κ1) is 25.0. The lowest BCUT2D eigenvalue weighted by Crippen LogP contribution is -2.43. The molecule has 4 aromatic rings. The lowest BCUT2D eigenvalue weighted by atomic mass is 9.92. The second-order valence-electron chi connectivity index (χ2n) is 8.26. The summed E-state index contributed by atoms with van der Waals surface area (Å²) < 4.78 is 67.9. The summed E-state index contributed by atoms with van der Waals surface area (Å²) in [6.07, 6.45) is -1.71. The number of rotatable bonds is 8. The smallest absolute Gasteiger partial charge is 0.382 e. The first-order valence-electron chi connectivity index (χ1n) is 10.5. The maximum Gasteiger partial charge on any atom is 0.416 e. The molecule has 0 spiro atoms. The molecule has 35 heavy (non-hydrogen) atoms. The molecule has 0 radical (unpaired) electrons. The van der Waals surface area contributed by atoms with Crippen molar-refractivity contribution in [3.63, 3.8) is 0 Å². The van der Waals surface area contributed by atoms with E-state index in [1.807, 2.05) is 12.1 Å². The van der Waals surface area contributed by atoms with Gasteiger partial charge in [-0.15, -0.1) is 11.3 Å². The molecule has 0 fully saturated rings. The van der Waals surface area contributed by atoms with Gasteiger partial charge >= 0.3 is 6.18 Å². The van der Waals surface area contributed by atoms with Gasteiger partial charge < -0.3 is 5.11 Å². The lowest BCUT2D eigenvalue weighted by molar-refractivity contribution is -0.137. The molecule has 0 saturated carbocycles. The van der Waals surface area contributed by atoms with Gasteiger partial charge in [0.2, 0.25) is 0 Å². The van der Waals surface area contributed by atoms with Gasteiger partial charge in [-0.05, 0) is 42.9 Å². The molecule has 2 aromatic heterocycles. The topological polar surface area (TPSA) is 54.2 Å². The summed E-state index contributed by atoms with van der Waals surface area (Å²) in [4.78, 5) is 7.32. The molecule has 4 rings (SSSR count). The number of benzene rings is 2. The quantitative estimate of drug-likeness (QED) is 0.327. The van der Waals surface area contributed by atoms with Crippen LogP contribution in [0.4, 0.5) is 22.0 Å². The summed E-state index contributed by atoms with van der Waals surface area (Å²) in [5.74, 6) is -1.63. The summed E-state index contributed by atoms with van der Waals surface area (Å²) in [5.41, 5.74) is -1.86. The summed E-state index contributed by atoms with van der Waals surface area (Å²) in [7, 11) is 1.74. The van der Waals surface area contributed by atoms with Gasteiger partial charge in [0.25, 0.3) is 0 Å². The summed E-state index contributed by atoms with van der Waals surface area (Å²) in [5, 5.41) is 15.5. The normalized spacial score (nSPS) is 13.8. The zero-order valence-electron chi connectivity index (χ0n) is 18.5. The van der Waals surface area contributed by atoms with E-state index in [4.69, 9.17) is 0 Å². The third-order valence-electron chi connectivity index (χ3n) is 5.44. The largest absolute Gasteiger partial charge is 0.416 e. The fourth-order valence-electron chi connectivity index (χ4n) is 3.88. The van der Waals surface area contributed by atoms with Gasteiger partial charge in [0.1, 0.15) is 29.9 Å². The van der Waals surface area contributed by atoms with E-state index in [-0.39, 0.29) is 18.7 Å². The Morgan fingerprint density at radius 3 is 2.40 bits per heavy atom. The maximum absolute atomic E-state index is 14.6. The van der Waals surface area contributed by atoms with Gasteiger partial charge in [0.05, 0.1) is 12.1 Å². The highest BCUT2D eigenvalue weighted by molar-refractivity contribution is 7.15. The third-order valence-corrected chi connectivity index (χ3v) is 6.56. The van der Waals surface area contributed by atoms with E-state index in [0.29, 0.717) is 12.1 Å². The van der Waals surface area contributed by atoms with Crippen molar-refractivity contribution in [3.8, 4) is 10.4 Å². The van der Waals surface area contributed by atoms with E-state index in [1.165, 1.54) is 46.9 Å². The molecule has 11 heteroatoms. The number of hydrogen-bond donors (Lipinski definition) is 1. The van der Waals surface area contributed by atoms with Crippen LogP contribution < -0.4 is 0 Å². The molecular weight excluding hydrogens is 487 g/mol. The number of alkyl halides is 3. The fraction of sp³-hybridized carbons (Fsp3) is 0.250. The number of halogens is 5. The average molecular weight is 509 g/mol. The van der Waals surface area contributed by atoms with E-state index in [9.17, 15) is 27.1 Å². The van der Waals surface area contributed by atoms with Gasteiger partial charge in [0, 0.05) is 34.5 Å². The van der Waals surface area contributed by atoms with Crippen LogP contribution in [0.15, 0.2) is 67.3 Å². The predicted molar refractivity (Wildman–Crippen MR) is 121 cm³/mol. The molecule has 0 bridgehead atoms. The van der Waals surface area contributed by atoms with Crippen molar-refractivity contribution >= 4 is 11.3 Å². The Balaban J connectivity index is 1.51. The minimum Gasteiger partial charge on any atom is -0.382 e. The molecule has 5 nitrogen and oxygen atoms in total. The molecule has 0 saturated heterocycles. The number of nitrogens with zero attached hydrogens (tertiary/aromatic N) is 4. The molecule has 0 amide bonds. The molecule has 0 aliphatic carbocycles. The van der Waals surface area contributed by atoms with Crippen molar-refractivity contribution in [1.82, 2.24) is 19.7 Å². The van der Waals surface area contributed by atoms with E-state index >= 15 is 0 Å². The molecule has 2 heterocycles. The number of hydrogen-bond acceptors (Lipinski definition) is 5. The van der Waals surface area contributed by atoms with E-state index in [1.54, 1.807) is 11.9 Å². The molecule has 0 aliphatic rings. The van der Waals surface area contributed by atoms with Crippen LogP contribution in [0.2, 0.25) is 0 Å². The summed E-state index contributed by atoms with van der Waals surface area (Å²) >= 11 is 1.40. The van der Waals surface area contributed by atoms with Crippen molar-refractivity contribution in [2.45, 2.75) is 24.9 Å². The molecule has 1 atom stereocenters. The van der Waals surface area contributed by atoms with Gasteiger partial charge in [-0.25, -0.2) is 18.4 Å². The SMILES string of the molecule is CN(Cc1ccc(-c2ccc(C(F)(F)F)cc2)s1)CC(O)(Cn1cncn1)c1ccc(F)cc1F. The van der Waals surface area contributed by atoms with Crippen molar-refractivity contribution in [2.24, 2.45) is 0 Å². The lowest BCUT2D eigenvalue weighted by Gasteiger charge is -2.33. The van der Waals surface area contributed by atoms with E-state index in [0.717, 1.165) is 34.0 Å². The van der Waals surface area contributed by atoms with E-state index < -0.39 is 29.0 Å². The zero-order valence-corrected chi connectivity index (χ0v) is 19.3. The number of aromatic nitrogens is 3. The molecular formula is C24H21F5N4OS. The van der Waals surface area contributed by atoms with Crippen molar-refractivity contribution in [2.75, 3.05) is 13.6 Å². The van der Waals surface area contributed by atoms with Crippen molar-refractivity contribution in [1.29, 1.82) is 0 Å². The van der Waals surface area contributed by atoms with Gasteiger partial charge in [0.15, 0.2) is 0 Å². The van der Waals surface area contributed by atoms with Crippen LogP contribution in [-0.2, 0) is 24.9 Å². The summed E-state index contributed by atoms with van der Waals surface area (Å²) in [6, 6.07) is 11.6. The van der Waals surface area contributed by atoms with Crippen LogP contribution >= 0.6 is 11.3 Å². The second kappa shape index (κ2) is 9.84. The van der Waals surface area contributed by atoms with Gasteiger partial charge in [-0.3, -0.25) is 4.90 Å². The standard InChI is InChI=1S/C24H21F5N4OS/c1-32(11-19-7-9-22(35-19)16-2-4-17(5-3-16)24(27,28)29)12-23(34,13-33-15-30-14-31-33)20-8-6-18(25)10-21(20)26/h2-10,14-15,34H,11-13H2,1H3. The Morgan fingerprint density at radius 2 is 1.77 bits per heavy atom. The number of aliphatic hydroxyl groups is 1. The predicted octanol–water partition coefficient (Wildman–Crippen LogP) is 5.32. The van der Waals surface area contributed by atoms with Crippen LogP contribution in [0.1, 0.15) is 16.0 Å². The zero-order chi connectivity index (χ0) is 25.2. The second-order valence-corrected chi connectivity index (χ2v) is 9.43. The van der Waals surface area contributed by atoms with Gasteiger partial charge in [-0.2, -0.15) is 18.3 Å². The number of likely N-dealkylation sites (N-methyl/N-ethyl adjacent to an activating group) is 1. The van der Waals surface area contributed by atoms with Crippen molar-refractivity contribution < 1.29 is 27.1 Å². The Labute approximate surface area is 202 Å². The summed E-state index contributed by atoms with van der Waals surface area (Å²) in [6.45, 7) is 0.262. The van der Waals surface area contributed by atoms with E-state index in [2.05, 4.69) is 10.1 Å². The molecule has 0 aliphatic heterocycles. The molecule has 1 unspecified atom stereocenters. The van der Waals surface area contributed by atoms with Crippen molar-refractivity contribution in [3.05, 3.63) is 94.9 Å². The Hall–Kier alpha value is -3.15. The molecule has 1 N–H and O–H groups in total. The third kappa shape index (κ3) is 5.92. The molecule has 2 aromatic carbocycles. The Bertz CT molecular complexity index is 1270. The van der Waals surface area contributed by atoms with Crippen LogP contribution in [0.5, 0.6) is 0 Å². The Kier molecular flexibility index (Phi) is 7.02. The highest BCUT2D eigenvalue weighted by atomic mass is 32.1. The van der Waals surface area contributed by atoms with Crippen LogP contribution in [0.3, 0.4) is 0 Å². The van der Waals surface area contributed by atoms with Gasteiger partial charge in [-0.1, -0.05) is 18.2 Å². The first-order valence-corrected chi connectivity index (χ1v) is 11.3. The Morgan fingerprint density at radius 1 is 1.03 bits per heavy atom. The molecule has 184 valence electrons. The monoisotopic (exact) mass is 508 g/mol. The van der Waals surface area contributed by atoms with Crippen LogP contribution in [-0.4, -0.2) is 38.4 Å². The highest BCUT2D eigenvalue weighted by Gasteiger charge is 2.35. The number of thiophene rings is 1. The average Bonchev–Trinajstić information content (AvgIpc) is 3.45. The first-order chi connectivity index (χ1) is 16.5. The minimum atomic E-state index is -4.39. The highest BCUT2D eigenvalue weighted by Crippen LogP contribution is 2.34. The minimum absolute atomic E-state index is 0.0110. The van der Waals surface area contributed by atoms with Crippen LogP contribution in [0, 0.1) is 11.6 Å². The fourth-order valence-corrected chi connectivity index (χ4v) is 4.97. The maximum atomic E-state index is 14.6. The van der Waals surface area contributed by atoms with Crippen LogP contribution in [0.25, 0.3) is 10.4 Å².